The molecule has 154 valence electrons. The summed E-state index contributed by atoms with van der Waals surface area (Å²) in [5.74, 6) is 0. The fourth-order valence-electron chi connectivity index (χ4n) is 2.24. The summed E-state index contributed by atoms with van der Waals surface area (Å²) in [6, 6.07) is 7.68. The molecule has 0 spiro atoms. The van der Waals surface area contributed by atoms with Crippen LogP contribution < -0.4 is 10.7 Å². The Morgan fingerprint density at radius 1 is 1.18 bits per heavy atom. The Morgan fingerprint density at radius 2 is 1.79 bits per heavy atom. The smallest absolute Gasteiger partial charge is 0.321 e. The highest BCUT2D eigenvalue weighted by Crippen LogP contribution is 2.44. The molecule has 12 heteroatoms. The Morgan fingerprint density at radius 3 is 2.29 bits per heavy atom. The predicted octanol–water partition coefficient (Wildman–Crippen LogP) is 3.69. The number of pyridine rings is 1. The third-order valence-electron chi connectivity index (χ3n) is 3.36. The average molecular weight is 502 g/mol. The van der Waals surface area contributed by atoms with Gasteiger partial charge in [0.25, 0.3) is 17.5 Å². The van der Waals surface area contributed by atoms with Crippen molar-refractivity contribution in [3.63, 3.8) is 0 Å². The van der Waals surface area contributed by atoms with E-state index in [2.05, 4.69) is 25.1 Å². The van der Waals surface area contributed by atoms with Crippen LogP contribution in [0.15, 0.2) is 45.8 Å². The second kappa shape index (κ2) is 8.62. The molecule has 0 bridgehead atoms. The van der Waals surface area contributed by atoms with Crippen LogP contribution in [0.4, 0.5) is 13.2 Å². The van der Waals surface area contributed by atoms with Gasteiger partial charge in [0, 0.05) is 15.5 Å². The SMILES string of the molecule is CCOP(=O)(c1ccc(S(=O)(=O)OCC(F)(F)F)cc1)c1cc(Br)cc(C)n1. The number of aryl methyl sites for hydroxylation is 1. The maximum Gasteiger partial charge on any atom is 0.413 e. The highest BCUT2D eigenvalue weighted by molar-refractivity contribution is 9.10. The van der Waals surface area contributed by atoms with Gasteiger partial charge in [-0.3, -0.25) is 8.75 Å². The minimum atomic E-state index is -4.79. The molecule has 28 heavy (non-hydrogen) atoms. The fraction of sp³-hybridized carbons (Fsp3) is 0.312. The number of halogens is 4. The van der Waals surface area contributed by atoms with Gasteiger partial charge < -0.3 is 4.52 Å². The Balaban J connectivity index is 2.41. The molecule has 0 saturated carbocycles. The van der Waals surface area contributed by atoms with E-state index in [1.165, 1.54) is 18.2 Å². The summed E-state index contributed by atoms with van der Waals surface area (Å²) in [5.41, 5.74) is 0.745. The maximum absolute atomic E-state index is 13.5. The first-order valence-corrected chi connectivity index (χ1v) is 11.7. The van der Waals surface area contributed by atoms with Crippen LogP contribution in [0, 0.1) is 6.92 Å². The number of alkyl halides is 3. The van der Waals surface area contributed by atoms with E-state index in [0.29, 0.717) is 10.2 Å². The van der Waals surface area contributed by atoms with Crippen molar-refractivity contribution in [3.05, 3.63) is 46.6 Å². The Kier molecular flexibility index (Phi) is 7.09. The number of hydrogen-bond donors (Lipinski definition) is 0. The normalized spacial score (nSPS) is 14.6. The van der Waals surface area contributed by atoms with Gasteiger partial charge in [-0.25, -0.2) is 4.98 Å². The van der Waals surface area contributed by atoms with Crippen LogP contribution in [0.2, 0.25) is 0 Å². The summed E-state index contributed by atoms with van der Waals surface area (Å²) in [7, 11) is -8.27. The second-order valence-electron chi connectivity index (χ2n) is 5.58. The van der Waals surface area contributed by atoms with E-state index in [0.717, 1.165) is 12.1 Å². The largest absolute Gasteiger partial charge is 0.413 e. The zero-order valence-corrected chi connectivity index (χ0v) is 18.0. The van der Waals surface area contributed by atoms with Gasteiger partial charge in [0.1, 0.15) is 5.44 Å². The van der Waals surface area contributed by atoms with Crippen molar-refractivity contribution >= 4 is 44.2 Å². The summed E-state index contributed by atoms with van der Waals surface area (Å²) >= 11 is 3.30. The van der Waals surface area contributed by atoms with Crippen LogP contribution in [0.5, 0.6) is 0 Å². The number of nitrogens with zero attached hydrogens (tertiary/aromatic N) is 1. The molecule has 0 aliphatic carbocycles. The molecule has 2 aromatic rings. The van der Waals surface area contributed by atoms with E-state index in [9.17, 15) is 26.2 Å². The first-order valence-electron chi connectivity index (χ1n) is 7.83. The summed E-state index contributed by atoms with van der Waals surface area (Å²) in [5, 5.41) is 0.147. The van der Waals surface area contributed by atoms with Crippen molar-refractivity contribution in [2.24, 2.45) is 0 Å². The van der Waals surface area contributed by atoms with Crippen LogP contribution in [0.1, 0.15) is 12.6 Å². The molecule has 0 saturated heterocycles. The van der Waals surface area contributed by atoms with Gasteiger partial charge in [-0.2, -0.15) is 21.6 Å². The Bertz CT molecular complexity index is 976. The number of hydrogen-bond acceptors (Lipinski definition) is 6. The highest BCUT2D eigenvalue weighted by atomic mass is 79.9. The molecule has 2 rings (SSSR count). The number of benzene rings is 1. The van der Waals surface area contributed by atoms with E-state index in [-0.39, 0.29) is 17.3 Å². The van der Waals surface area contributed by atoms with Crippen LogP contribution >= 0.6 is 23.3 Å². The maximum atomic E-state index is 13.5. The van der Waals surface area contributed by atoms with Gasteiger partial charge in [-0.1, -0.05) is 15.9 Å². The van der Waals surface area contributed by atoms with E-state index in [1.54, 1.807) is 19.9 Å². The van der Waals surface area contributed by atoms with Crippen molar-refractivity contribution < 1.29 is 34.9 Å². The van der Waals surface area contributed by atoms with Crippen molar-refractivity contribution in [2.75, 3.05) is 13.2 Å². The molecule has 0 aliphatic rings. The summed E-state index contributed by atoms with van der Waals surface area (Å²) < 4.78 is 84.0. The number of aromatic nitrogens is 1. The summed E-state index contributed by atoms with van der Waals surface area (Å²) in [6.45, 7) is 1.51. The fourth-order valence-corrected chi connectivity index (χ4v) is 5.91. The van der Waals surface area contributed by atoms with Crippen molar-refractivity contribution in [1.29, 1.82) is 0 Å². The van der Waals surface area contributed by atoms with Crippen molar-refractivity contribution in [3.8, 4) is 0 Å². The first-order chi connectivity index (χ1) is 12.9. The van der Waals surface area contributed by atoms with Gasteiger partial charge in [0.2, 0.25) is 0 Å². The molecule has 1 unspecified atom stereocenters. The van der Waals surface area contributed by atoms with Gasteiger partial charge in [-0.05, 0) is 50.2 Å². The molecule has 6 nitrogen and oxygen atoms in total. The highest BCUT2D eigenvalue weighted by Gasteiger charge is 2.33. The lowest BCUT2D eigenvalue weighted by Crippen LogP contribution is -2.23. The summed E-state index contributed by atoms with van der Waals surface area (Å²) in [4.78, 5) is 3.74. The Labute approximate surface area is 168 Å². The molecular formula is C16H16BrF3NO5PS. The van der Waals surface area contributed by atoms with Crippen LogP contribution in [0.3, 0.4) is 0 Å². The summed E-state index contributed by atoms with van der Waals surface area (Å²) in [6.07, 6.45) is -4.79. The lowest BCUT2D eigenvalue weighted by atomic mass is 10.4. The van der Waals surface area contributed by atoms with Crippen LogP contribution in [0.25, 0.3) is 0 Å². The monoisotopic (exact) mass is 501 g/mol. The zero-order chi connectivity index (χ0) is 21.2. The average Bonchev–Trinajstić information content (AvgIpc) is 2.59. The molecule has 0 radical (unpaired) electrons. The topological polar surface area (TPSA) is 82.6 Å². The zero-order valence-electron chi connectivity index (χ0n) is 14.7. The van der Waals surface area contributed by atoms with Crippen molar-refractivity contribution in [1.82, 2.24) is 4.98 Å². The third kappa shape index (κ3) is 5.64. The molecule has 1 heterocycles. The predicted molar refractivity (Wildman–Crippen MR) is 101 cm³/mol. The van der Waals surface area contributed by atoms with Crippen LogP contribution in [-0.4, -0.2) is 32.8 Å². The molecule has 1 atom stereocenters. The lowest BCUT2D eigenvalue weighted by molar-refractivity contribution is -0.152. The lowest BCUT2D eigenvalue weighted by Gasteiger charge is -2.18. The van der Waals surface area contributed by atoms with Gasteiger partial charge in [0.15, 0.2) is 6.61 Å². The standard InChI is InChI=1S/C16H16BrF3NO5PS/c1-3-25-27(22,15-9-12(17)8-11(2)21-15)13-4-6-14(7-5-13)28(23,24)26-10-16(18,19)20/h4-9H,3,10H2,1-2H3. The van der Waals surface area contributed by atoms with E-state index >= 15 is 0 Å². The van der Waals surface area contributed by atoms with E-state index < -0.39 is 35.2 Å². The van der Waals surface area contributed by atoms with Gasteiger partial charge in [-0.15, -0.1) is 0 Å². The van der Waals surface area contributed by atoms with Gasteiger partial charge >= 0.3 is 6.18 Å². The van der Waals surface area contributed by atoms with Gasteiger partial charge in [0.05, 0.1) is 11.5 Å². The molecule has 1 aromatic carbocycles. The second-order valence-corrected chi connectivity index (χ2v) is 10.4. The first kappa shape index (κ1) is 23.0. The third-order valence-corrected chi connectivity index (χ3v) is 7.53. The minimum Gasteiger partial charge on any atom is -0.321 e. The van der Waals surface area contributed by atoms with E-state index in [1.807, 2.05) is 0 Å². The molecule has 0 aliphatic heterocycles. The minimum absolute atomic E-state index is 0.0965. The molecular weight excluding hydrogens is 486 g/mol. The molecule has 1 aromatic heterocycles. The van der Waals surface area contributed by atoms with Crippen LogP contribution in [-0.2, 0) is 23.4 Å². The Hall–Kier alpha value is -1.26. The molecule has 0 fully saturated rings. The number of rotatable bonds is 7. The van der Waals surface area contributed by atoms with E-state index in [4.69, 9.17) is 4.52 Å². The quantitative estimate of drug-likeness (QED) is 0.425. The molecule has 0 amide bonds. The molecule has 0 N–H and O–H groups in total. The van der Waals surface area contributed by atoms with Crippen molar-refractivity contribution in [2.45, 2.75) is 24.9 Å².